The van der Waals surface area contributed by atoms with E-state index in [1.54, 1.807) is 17.8 Å². The number of guanidine groups is 1. The number of rotatable bonds is 4. The van der Waals surface area contributed by atoms with Gasteiger partial charge in [0.25, 0.3) is 0 Å². The number of benzene rings is 1. The molecule has 142 valence electrons. The third kappa shape index (κ3) is 5.16. The summed E-state index contributed by atoms with van der Waals surface area (Å²) >= 11 is 0. The molecule has 0 amide bonds. The van der Waals surface area contributed by atoms with Crippen molar-refractivity contribution in [3.63, 3.8) is 0 Å². The van der Waals surface area contributed by atoms with Gasteiger partial charge in [0.1, 0.15) is 11.9 Å². The van der Waals surface area contributed by atoms with Crippen LogP contribution in [0.15, 0.2) is 41.7 Å². The van der Waals surface area contributed by atoms with Gasteiger partial charge in [0, 0.05) is 38.9 Å². The molecule has 1 atom stereocenters. The Morgan fingerprint density at radius 3 is 2.92 bits per heavy atom. The van der Waals surface area contributed by atoms with E-state index < -0.39 is 0 Å². The molecule has 1 aliphatic heterocycles. The first-order valence-corrected chi connectivity index (χ1v) is 8.46. The number of aromatic nitrogens is 2. The Morgan fingerprint density at radius 2 is 2.23 bits per heavy atom. The van der Waals surface area contributed by atoms with Gasteiger partial charge in [-0.15, -0.1) is 24.0 Å². The van der Waals surface area contributed by atoms with E-state index in [4.69, 9.17) is 4.74 Å². The summed E-state index contributed by atoms with van der Waals surface area (Å²) in [7, 11) is 3.66. The minimum Gasteiger partial charge on any atom is -0.370 e. The number of aryl methyl sites for hydroxylation is 1. The van der Waals surface area contributed by atoms with E-state index in [0.717, 1.165) is 18.1 Å². The van der Waals surface area contributed by atoms with Crippen molar-refractivity contribution >= 4 is 29.9 Å². The number of aliphatic imine (C=N–C) groups is 1. The van der Waals surface area contributed by atoms with Gasteiger partial charge in [-0.25, -0.2) is 4.39 Å². The maximum absolute atomic E-state index is 13.7. The van der Waals surface area contributed by atoms with Crippen LogP contribution in [0.2, 0.25) is 0 Å². The molecule has 0 bridgehead atoms. The van der Waals surface area contributed by atoms with Gasteiger partial charge in [-0.1, -0.05) is 18.2 Å². The number of hydrogen-bond donors (Lipinski definition) is 1. The highest BCUT2D eigenvalue weighted by atomic mass is 127. The monoisotopic (exact) mass is 473 g/mol. The van der Waals surface area contributed by atoms with E-state index >= 15 is 0 Å². The molecular weight excluding hydrogens is 448 g/mol. The summed E-state index contributed by atoms with van der Waals surface area (Å²) in [4.78, 5) is 6.53. The lowest BCUT2D eigenvalue weighted by Gasteiger charge is -2.34. The van der Waals surface area contributed by atoms with Crippen molar-refractivity contribution in [2.45, 2.75) is 12.5 Å². The number of halogens is 2. The maximum Gasteiger partial charge on any atom is 0.193 e. The summed E-state index contributed by atoms with van der Waals surface area (Å²) in [6, 6.07) is 6.86. The molecule has 8 heteroatoms. The second-order valence-corrected chi connectivity index (χ2v) is 6.07. The normalized spacial score (nSPS) is 17.7. The van der Waals surface area contributed by atoms with Crippen molar-refractivity contribution in [3.05, 3.63) is 53.6 Å². The third-order valence-corrected chi connectivity index (χ3v) is 4.31. The van der Waals surface area contributed by atoms with Crippen molar-refractivity contribution < 1.29 is 9.13 Å². The van der Waals surface area contributed by atoms with Gasteiger partial charge in [0.2, 0.25) is 0 Å². The molecule has 2 heterocycles. The molecule has 1 N–H and O–H groups in total. The average molecular weight is 473 g/mol. The zero-order chi connectivity index (χ0) is 17.6. The minimum atomic E-state index is -0.165. The lowest BCUT2D eigenvalue weighted by molar-refractivity contribution is -0.00800. The predicted octanol–water partition coefficient (Wildman–Crippen LogP) is 2.37. The minimum absolute atomic E-state index is 0. The van der Waals surface area contributed by atoms with Crippen molar-refractivity contribution in [3.8, 4) is 0 Å². The SMILES string of the molecule is CN=C(NCCc1ccccc1F)N1CCOC(c2cnn(C)c2)C1.I. The van der Waals surface area contributed by atoms with Crippen LogP contribution in [0.1, 0.15) is 17.2 Å². The van der Waals surface area contributed by atoms with E-state index in [9.17, 15) is 4.39 Å². The lowest BCUT2D eigenvalue weighted by atomic mass is 10.1. The van der Waals surface area contributed by atoms with Crippen molar-refractivity contribution in [1.82, 2.24) is 20.0 Å². The number of ether oxygens (including phenoxy) is 1. The maximum atomic E-state index is 13.7. The van der Waals surface area contributed by atoms with Crippen molar-refractivity contribution in [2.75, 3.05) is 33.3 Å². The highest BCUT2D eigenvalue weighted by Crippen LogP contribution is 2.21. The first-order valence-electron chi connectivity index (χ1n) is 8.46. The number of hydrogen-bond acceptors (Lipinski definition) is 3. The fourth-order valence-electron chi connectivity index (χ4n) is 2.99. The first-order chi connectivity index (χ1) is 12.2. The molecule has 0 spiro atoms. The Hall–Kier alpha value is -1.68. The summed E-state index contributed by atoms with van der Waals surface area (Å²) in [5.74, 6) is 0.649. The molecule has 26 heavy (non-hydrogen) atoms. The summed E-state index contributed by atoms with van der Waals surface area (Å²) in [5, 5.41) is 7.53. The molecule has 1 fully saturated rings. The van der Waals surface area contributed by atoms with Crippen LogP contribution in [0, 0.1) is 5.82 Å². The largest absolute Gasteiger partial charge is 0.370 e. The molecule has 1 aromatic heterocycles. The predicted molar refractivity (Wildman–Crippen MR) is 110 cm³/mol. The topological polar surface area (TPSA) is 54.7 Å². The van der Waals surface area contributed by atoms with Crippen LogP contribution in [0.4, 0.5) is 4.39 Å². The smallest absolute Gasteiger partial charge is 0.193 e. The second-order valence-electron chi connectivity index (χ2n) is 6.07. The molecule has 1 aromatic carbocycles. The third-order valence-electron chi connectivity index (χ3n) is 4.31. The van der Waals surface area contributed by atoms with Crippen LogP contribution < -0.4 is 5.32 Å². The Bertz CT molecular complexity index is 736. The Balaban J connectivity index is 0.00000243. The molecule has 2 aromatic rings. The Morgan fingerprint density at radius 1 is 1.42 bits per heavy atom. The van der Waals surface area contributed by atoms with E-state index in [2.05, 4.69) is 20.3 Å². The molecule has 6 nitrogen and oxygen atoms in total. The Kier molecular flexibility index (Phi) is 7.83. The van der Waals surface area contributed by atoms with Crippen LogP contribution >= 0.6 is 24.0 Å². The van der Waals surface area contributed by atoms with Gasteiger partial charge in [0.15, 0.2) is 5.96 Å². The molecular formula is C18H25FIN5O. The van der Waals surface area contributed by atoms with E-state index in [1.807, 2.05) is 31.6 Å². The number of nitrogens with one attached hydrogen (secondary N) is 1. The van der Waals surface area contributed by atoms with Gasteiger partial charge >= 0.3 is 0 Å². The van der Waals surface area contributed by atoms with Crippen LogP contribution in [0.3, 0.4) is 0 Å². The fraction of sp³-hybridized carbons (Fsp3) is 0.444. The zero-order valence-electron chi connectivity index (χ0n) is 15.1. The quantitative estimate of drug-likeness (QED) is 0.421. The van der Waals surface area contributed by atoms with Crippen molar-refractivity contribution in [2.24, 2.45) is 12.0 Å². The highest BCUT2D eigenvalue weighted by molar-refractivity contribution is 14.0. The summed E-state index contributed by atoms with van der Waals surface area (Å²) in [5.41, 5.74) is 1.77. The molecule has 1 aliphatic rings. The molecule has 1 unspecified atom stereocenters. The van der Waals surface area contributed by atoms with Gasteiger partial charge in [-0.05, 0) is 18.1 Å². The molecule has 3 rings (SSSR count). The molecule has 1 saturated heterocycles. The lowest BCUT2D eigenvalue weighted by Crippen LogP contribution is -2.48. The van der Waals surface area contributed by atoms with Gasteiger partial charge in [-0.3, -0.25) is 9.67 Å². The van der Waals surface area contributed by atoms with Gasteiger partial charge in [-0.2, -0.15) is 5.10 Å². The Labute approximate surface area is 170 Å². The van der Waals surface area contributed by atoms with E-state index in [-0.39, 0.29) is 35.9 Å². The summed E-state index contributed by atoms with van der Waals surface area (Å²) in [6.45, 7) is 2.75. The molecule has 0 radical (unpaired) electrons. The molecule has 0 aliphatic carbocycles. The standard InChI is InChI=1S/C18H24FN5O.HI/c1-20-18(21-8-7-14-5-3-4-6-16(14)19)24-9-10-25-17(13-24)15-11-22-23(2)12-15;/h3-6,11-12,17H,7-10,13H2,1-2H3,(H,20,21);1H. The van der Waals surface area contributed by atoms with Crippen LogP contribution in [0.5, 0.6) is 0 Å². The van der Waals surface area contributed by atoms with E-state index in [1.165, 1.54) is 6.07 Å². The highest BCUT2D eigenvalue weighted by Gasteiger charge is 2.25. The van der Waals surface area contributed by atoms with Gasteiger partial charge < -0.3 is 15.0 Å². The van der Waals surface area contributed by atoms with Crippen LogP contribution in [-0.4, -0.2) is 53.9 Å². The average Bonchev–Trinajstić information content (AvgIpc) is 3.07. The fourth-order valence-corrected chi connectivity index (χ4v) is 2.99. The summed E-state index contributed by atoms with van der Waals surface area (Å²) < 4.78 is 21.3. The van der Waals surface area contributed by atoms with E-state index in [0.29, 0.717) is 31.7 Å². The number of morpholine rings is 1. The summed E-state index contributed by atoms with van der Waals surface area (Å²) in [6.07, 6.45) is 4.40. The molecule has 0 saturated carbocycles. The number of nitrogens with zero attached hydrogens (tertiary/aromatic N) is 4. The second kappa shape index (κ2) is 9.86. The zero-order valence-corrected chi connectivity index (χ0v) is 17.4. The van der Waals surface area contributed by atoms with Crippen LogP contribution in [-0.2, 0) is 18.2 Å². The first kappa shape index (κ1) is 20.6. The van der Waals surface area contributed by atoms with Crippen LogP contribution in [0.25, 0.3) is 0 Å². The van der Waals surface area contributed by atoms with Gasteiger partial charge in [0.05, 0.1) is 19.3 Å². The van der Waals surface area contributed by atoms with Crippen molar-refractivity contribution in [1.29, 1.82) is 0 Å².